The number of hydrogen-bond donors (Lipinski definition) is 0. The molecule has 0 aliphatic carbocycles. The minimum atomic E-state index is -0.752. The third-order valence-electron chi connectivity index (χ3n) is 7.61. The number of ether oxygens (including phenoxy) is 3. The lowest BCUT2D eigenvalue weighted by Gasteiger charge is -2.18. The van der Waals surface area contributed by atoms with Crippen molar-refractivity contribution in [2.24, 2.45) is 0 Å². The number of unbranched alkanes of at least 4 members (excludes halogenated alkanes) is 20. The molecule has 0 rings (SSSR count). The zero-order chi connectivity index (χ0) is 30.2. The molecule has 6 nitrogen and oxygen atoms in total. The fourth-order valence-electron chi connectivity index (χ4n) is 4.91. The van der Waals surface area contributed by atoms with Crippen molar-refractivity contribution in [2.45, 2.75) is 194 Å². The molecule has 242 valence electrons. The summed E-state index contributed by atoms with van der Waals surface area (Å²) in [4.78, 5) is 36.9. The summed E-state index contributed by atoms with van der Waals surface area (Å²) in [5.74, 6) is -0.889. The highest BCUT2D eigenvalue weighted by Gasteiger charge is 2.19. The predicted octanol–water partition coefficient (Wildman–Crippen LogP) is 10.2. The highest BCUT2D eigenvalue weighted by atomic mass is 16.6. The molecule has 0 aromatic carbocycles. The van der Waals surface area contributed by atoms with Gasteiger partial charge in [-0.15, -0.1) is 0 Å². The maximum atomic E-state index is 12.4. The van der Waals surface area contributed by atoms with Gasteiger partial charge in [-0.2, -0.15) is 0 Å². The summed E-state index contributed by atoms with van der Waals surface area (Å²) in [6, 6.07) is 0. The van der Waals surface area contributed by atoms with Crippen LogP contribution in [0.2, 0.25) is 0 Å². The summed E-state index contributed by atoms with van der Waals surface area (Å²) in [5.41, 5.74) is 0. The Morgan fingerprint density at radius 2 is 0.659 bits per heavy atom. The van der Waals surface area contributed by atoms with Gasteiger partial charge in [0.25, 0.3) is 0 Å². The highest BCUT2D eigenvalue weighted by Crippen LogP contribution is 2.13. The van der Waals surface area contributed by atoms with Crippen molar-refractivity contribution >= 4 is 17.9 Å². The SMILES string of the molecule is CCCCCCCCCCCCCC(=O)OCC(COC(=O)CCCCCCCC)OC(=O)CCCCCCCC. The molecule has 0 spiro atoms. The Balaban J connectivity index is 4.27. The summed E-state index contributed by atoms with van der Waals surface area (Å²) < 4.78 is 16.4. The molecule has 0 bridgehead atoms. The maximum absolute atomic E-state index is 12.4. The van der Waals surface area contributed by atoms with Gasteiger partial charge in [0.2, 0.25) is 0 Å². The first-order chi connectivity index (χ1) is 20.0. The molecule has 1 unspecified atom stereocenters. The molecular weight excluding hydrogens is 516 g/mol. The highest BCUT2D eigenvalue weighted by molar-refractivity contribution is 5.71. The molecule has 0 fully saturated rings. The molecule has 41 heavy (non-hydrogen) atoms. The number of hydrogen-bond acceptors (Lipinski definition) is 6. The van der Waals surface area contributed by atoms with Gasteiger partial charge in [0.15, 0.2) is 6.10 Å². The minimum Gasteiger partial charge on any atom is -0.462 e. The van der Waals surface area contributed by atoms with E-state index in [4.69, 9.17) is 14.2 Å². The van der Waals surface area contributed by atoms with Crippen LogP contribution in [-0.4, -0.2) is 37.2 Å². The molecule has 0 aliphatic heterocycles. The van der Waals surface area contributed by atoms with Crippen molar-refractivity contribution in [3.8, 4) is 0 Å². The van der Waals surface area contributed by atoms with Crippen LogP contribution in [0, 0.1) is 0 Å². The van der Waals surface area contributed by atoms with Gasteiger partial charge >= 0.3 is 17.9 Å². The van der Waals surface area contributed by atoms with Crippen molar-refractivity contribution < 1.29 is 28.6 Å². The van der Waals surface area contributed by atoms with Crippen LogP contribution in [0.5, 0.6) is 0 Å². The third-order valence-corrected chi connectivity index (χ3v) is 7.61. The van der Waals surface area contributed by atoms with Crippen molar-refractivity contribution in [1.82, 2.24) is 0 Å². The van der Waals surface area contributed by atoms with Crippen molar-refractivity contribution in [1.29, 1.82) is 0 Å². The van der Waals surface area contributed by atoms with E-state index in [1.807, 2.05) is 0 Å². The van der Waals surface area contributed by atoms with Crippen LogP contribution in [-0.2, 0) is 28.6 Å². The molecule has 0 amide bonds. The summed E-state index contributed by atoms with van der Waals surface area (Å²) in [6.07, 6.45) is 26.9. The van der Waals surface area contributed by atoms with Crippen LogP contribution in [0.3, 0.4) is 0 Å². The molecule has 0 saturated heterocycles. The monoisotopic (exact) mass is 582 g/mol. The summed E-state index contributed by atoms with van der Waals surface area (Å²) in [5, 5.41) is 0. The fraction of sp³-hybridized carbons (Fsp3) is 0.914. The summed E-state index contributed by atoms with van der Waals surface area (Å²) >= 11 is 0. The lowest BCUT2D eigenvalue weighted by atomic mass is 10.1. The standard InChI is InChI=1S/C35H66O6/c1-4-7-10-13-16-17-18-19-20-23-25-28-34(37)40-31-32(41-35(38)29-26-22-15-12-9-6-3)30-39-33(36)27-24-21-14-11-8-5-2/h32H,4-31H2,1-3H3. The van der Waals surface area contributed by atoms with E-state index >= 15 is 0 Å². The minimum absolute atomic E-state index is 0.0661. The van der Waals surface area contributed by atoms with Crippen LogP contribution in [0.1, 0.15) is 188 Å². The molecule has 6 heteroatoms. The lowest BCUT2D eigenvalue weighted by Crippen LogP contribution is -2.30. The van der Waals surface area contributed by atoms with Gasteiger partial charge in [-0.25, -0.2) is 0 Å². The lowest BCUT2D eigenvalue weighted by molar-refractivity contribution is -0.167. The molecule has 0 radical (unpaired) electrons. The number of carbonyl (C=O) groups excluding carboxylic acids is 3. The molecular formula is C35H66O6. The zero-order valence-electron chi connectivity index (χ0n) is 27.3. The van der Waals surface area contributed by atoms with E-state index in [9.17, 15) is 14.4 Å². The quantitative estimate of drug-likeness (QED) is 0.0459. The van der Waals surface area contributed by atoms with E-state index in [2.05, 4.69) is 20.8 Å². The smallest absolute Gasteiger partial charge is 0.306 e. The fourth-order valence-corrected chi connectivity index (χ4v) is 4.91. The van der Waals surface area contributed by atoms with Gasteiger partial charge in [0.1, 0.15) is 13.2 Å². The van der Waals surface area contributed by atoms with E-state index in [1.165, 1.54) is 89.9 Å². The summed E-state index contributed by atoms with van der Waals surface area (Å²) in [6.45, 7) is 6.48. The largest absolute Gasteiger partial charge is 0.462 e. The molecule has 0 saturated carbocycles. The second-order valence-corrected chi connectivity index (χ2v) is 11.8. The average molecular weight is 583 g/mol. The number of carbonyl (C=O) groups is 3. The maximum Gasteiger partial charge on any atom is 0.306 e. The molecule has 1 atom stereocenters. The molecule has 0 aromatic rings. The molecule has 0 N–H and O–H groups in total. The van der Waals surface area contributed by atoms with Crippen LogP contribution < -0.4 is 0 Å². The van der Waals surface area contributed by atoms with E-state index in [0.717, 1.165) is 57.8 Å². The van der Waals surface area contributed by atoms with Crippen molar-refractivity contribution in [2.75, 3.05) is 13.2 Å². The Morgan fingerprint density at radius 3 is 0.976 bits per heavy atom. The van der Waals surface area contributed by atoms with E-state index < -0.39 is 6.10 Å². The first-order valence-electron chi connectivity index (χ1n) is 17.5. The van der Waals surface area contributed by atoms with Crippen LogP contribution in [0.25, 0.3) is 0 Å². The van der Waals surface area contributed by atoms with Crippen molar-refractivity contribution in [3.05, 3.63) is 0 Å². The van der Waals surface area contributed by atoms with Gasteiger partial charge in [0, 0.05) is 19.3 Å². The Labute approximate surface area is 253 Å². The Morgan fingerprint density at radius 1 is 0.390 bits per heavy atom. The Bertz CT molecular complexity index is 605. The van der Waals surface area contributed by atoms with Crippen LogP contribution in [0.4, 0.5) is 0 Å². The Kier molecular flexibility index (Phi) is 30.1. The van der Waals surface area contributed by atoms with E-state index in [0.29, 0.717) is 19.3 Å². The van der Waals surface area contributed by atoms with Crippen LogP contribution in [0.15, 0.2) is 0 Å². The first-order valence-corrected chi connectivity index (χ1v) is 17.5. The van der Waals surface area contributed by atoms with Gasteiger partial charge < -0.3 is 14.2 Å². The molecule has 0 aromatic heterocycles. The van der Waals surface area contributed by atoms with Gasteiger partial charge in [0.05, 0.1) is 0 Å². The van der Waals surface area contributed by atoms with Gasteiger partial charge in [-0.3, -0.25) is 14.4 Å². The van der Waals surface area contributed by atoms with Crippen LogP contribution >= 0.6 is 0 Å². The zero-order valence-corrected chi connectivity index (χ0v) is 27.3. The topological polar surface area (TPSA) is 78.9 Å². The second-order valence-electron chi connectivity index (χ2n) is 11.8. The van der Waals surface area contributed by atoms with Gasteiger partial charge in [-0.1, -0.05) is 149 Å². The second kappa shape index (κ2) is 31.3. The van der Waals surface area contributed by atoms with E-state index in [1.54, 1.807) is 0 Å². The third kappa shape index (κ3) is 29.7. The number of rotatable bonds is 31. The summed E-state index contributed by atoms with van der Waals surface area (Å²) in [7, 11) is 0. The normalized spacial score (nSPS) is 11.8. The van der Waals surface area contributed by atoms with Gasteiger partial charge in [-0.05, 0) is 19.3 Å². The predicted molar refractivity (Wildman–Crippen MR) is 169 cm³/mol. The average Bonchev–Trinajstić information content (AvgIpc) is 2.96. The van der Waals surface area contributed by atoms with E-state index in [-0.39, 0.29) is 31.1 Å². The van der Waals surface area contributed by atoms with Crippen molar-refractivity contribution in [3.63, 3.8) is 0 Å². The number of esters is 3. The molecule has 0 heterocycles. The Hall–Kier alpha value is -1.59. The molecule has 0 aliphatic rings. The first kappa shape index (κ1) is 39.4.